The van der Waals surface area contributed by atoms with E-state index in [-0.39, 0.29) is 41.2 Å². The van der Waals surface area contributed by atoms with Crippen LogP contribution in [0.25, 0.3) is 33.4 Å². The number of nitrogens with one attached hydrogen (secondary N) is 4. The molecule has 0 bridgehead atoms. The van der Waals surface area contributed by atoms with Crippen LogP contribution in [0.15, 0.2) is 135 Å². The van der Waals surface area contributed by atoms with Gasteiger partial charge < -0.3 is 54.6 Å². The topological polar surface area (TPSA) is 192 Å². The lowest BCUT2D eigenvalue weighted by atomic mass is 9.93. The number of hydrogen-bond donors (Lipinski definition) is 4. The molecular formula is C60H62F2N14O5. The Morgan fingerprint density at radius 2 is 1.16 bits per heavy atom. The van der Waals surface area contributed by atoms with Gasteiger partial charge in [-0.25, -0.2) is 18.7 Å². The molecule has 19 nitrogen and oxygen atoms in total. The van der Waals surface area contributed by atoms with E-state index < -0.39 is 0 Å². The molecule has 4 aromatic carbocycles. The van der Waals surface area contributed by atoms with Crippen molar-refractivity contribution in [1.82, 2.24) is 38.9 Å². The van der Waals surface area contributed by atoms with Gasteiger partial charge in [-0.05, 0) is 123 Å². The van der Waals surface area contributed by atoms with E-state index in [2.05, 4.69) is 52.5 Å². The van der Waals surface area contributed by atoms with Crippen molar-refractivity contribution in [2.75, 3.05) is 97.6 Å². The van der Waals surface area contributed by atoms with Gasteiger partial charge in [0.2, 0.25) is 29.6 Å². The van der Waals surface area contributed by atoms with E-state index in [0.29, 0.717) is 84.1 Å². The second kappa shape index (κ2) is 23.5. The Morgan fingerprint density at radius 1 is 0.630 bits per heavy atom. The summed E-state index contributed by atoms with van der Waals surface area (Å²) in [4.78, 5) is 66.4. The van der Waals surface area contributed by atoms with Gasteiger partial charge in [0.1, 0.15) is 34.8 Å². The number of fused-ring (bicyclic) bond motifs is 2. The number of methoxy groups -OCH3 is 2. The van der Waals surface area contributed by atoms with Gasteiger partial charge in [-0.1, -0.05) is 12.7 Å². The minimum Gasteiger partial charge on any atom is -0.494 e. The number of nitrogens with zero attached hydrogens (tertiary/aromatic N) is 10. The van der Waals surface area contributed by atoms with Crippen LogP contribution in [0.4, 0.5) is 54.8 Å². The highest BCUT2D eigenvalue weighted by atomic mass is 19.1. The standard InChI is InChI=1S/C60H62F2N14O5/c1-5-57(78)65-45-33-47(67-59-63-20-14-55(69-59)75-25-16-40-31-42(61)9-11-49(40)75)53(80-3)35-51(45)72-23-18-44(19-24-72)74-22-6-7-39(37-74)8-13-58(79)66-46-34-48(54(81-4)36-52(46)73-29-27-71(28-30-73)38(2)77)68-60-64-21-15-56(70-60)76-26-17-41-32-43(62)10-12-50(41)76/h5,8-17,20-21,25-26,31-36,39,44H,1,6-7,18-19,22-24,27-30,37H2,2-4H3,(H,65,78)(H,66,79)(H,63,67,69)(H,64,68,70)/b13-8-. The summed E-state index contributed by atoms with van der Waals surface area (Å²) in [5, 5.41) is 14.3. The van der Waals surface area contributed by atoms with Crippen molar-refractivity contribution >= 4 is 85.5 Å². The number of carbonyl (C=O) groups is 3. The molecule has 21 heteroatoms. The van der Waals surface area contributed by atoms with E-state index in [0.717, 1.165) is 85.0 Å². The fraction of sp³-hybridized carbons (Fsp3) is 0.283. The van der Waals surface area contributed by atoms with Crippen molar-refractivity contribution in [3.8, 4) is 23.1 Å². The summed E-state index contributed by atoms with van der Waals surface area (Å²) in [7, 11) is 3.17. The van der Waals surface area contributed by atoms with Crippen LogP contribution in [0.5, 0.6) is 11.5 Å². The van der Waals surface area contributed by atoms with Crippen molar-refractivity contribution in [2.45, 2.75) is 38.6 Å². The zero-order valence-corrected chi connectivity index (χ0v) is 45.2. The third kappa shape index (κ3) is 11.8. The zero-order chi connectivity index (χ0) is 56.1. The first-order valence-electron chi connectivity index (χ1n) is 27.0. The van der Waals surface area contributed by atoms with Crippen LogP contribution >= 0.6 is 0 Å². The summed E-state index contributed by atoms with van der Waals surface area (Å²) in [5.74, 6) is 1.65. The van der Waals surface area contributed by atoms with Crippen LogP contribution in [-0.2, 0) is 14.4 Å². The molecule has 3 amide bonds. The minimum atomic E-state index is -0.357. The Kier molecular flexibility index (Phi) is 15.6. The molecule has 3 aliphatic heterocycles. The van der Waals surface area contributed by atoms with Crippen molar-refractivity contribution in [2.24, 2.45) is 5.92 Å². The largest absolute Gasteiger partial charge is 0.494 e. The molecular weight excluding hydrogens is 1030 g/mol. The number of piperidine rings is 2. The van der Waals surface area contributed by atoms with Crippen molar-refractivity contribution in [1.29, 1.82) is 0 Å². The van der Waals surface area contributed by atoms with E-state index in [4.69, 9.17) is 19.4 Å². The molecule has 1 atom stereocenters. The van der Waals surface area contributed by atoms with E-state index in [1.807, 2.05) is 68.9 Å². The predicted molar refractivity (Wildman–Crippen MR) is 311 cm³/mol. The van der Waals surface area contributed by atoms with E-state index in [9.17, 15) is 23.2 Å². The number of carbonyl (C=O) groups excluding carboxylic acids is 3. The van der Waals surface area contributed by atoms with Gasteiger partial charge in [-0.15, -0.1) is 0 Å². The molecule has 1 unspecified atom stereocenters. The minimum absolute atomic E-state index is 0.0154. The van der Waals surface area contributed by atoms with Gasteiger partial charge in [0, 0.05) is 106 Å². The van der Waals surface area contributed by atoms with Crippen molar-refractivity contribution in [3.63, 3.8) is 0 Å². The first-order chi connectivity index (χ1) is 39.4. The number of anilines is 8. The molecule has 3 aliphatic rings. The monoisotopic (exact) mass is 1100 g/mol. The highest BCUT2D eigenvalue weighted by Gasteiger charge is 2.31. The average molecular weight is 1100 g/mol. The summed E-state index contributed by atoms with van der Waals surface area (Å²) in [6, 6.07) is 24.1. The number of hydrogen-bond acceptors (Lipinski definition) is 14. The molecule has 7 heterocycles. The van der Waals surface area contributed by atoms with Gasteiger partial charge in [0.25, 0.3) is 0 Å². The Labute approximate surface area is 466 Å². The van der Waals surface area contributed by atoms with Crippen molar-refractivity contribution < 1.29 is 32.6 Å². The van der Waals surface area contributed by atoms with Crippen LogP contribution in [0, 0.1) is 17.6 Å². The Bertz CT molecular complexity index is 3700. The fourth-order valence-electron chi connectivity index (χ4n) is 11.2. The molecule has 4 aromatic heterocycles. The maximum absolute atomic E-state index is 14.0. The Balaban J connectivity index is 0.762. The molecule has 0 radical (unpaired) electrons. The van der Waals surface area contributed by atoms with Gasteiger partial charge >= 0.3 is 0 Å². The first-order valence-corrected chi connectivity index (χ1v) is 27.0. The third-order valence-corrected chi connectivity index (χ3v) is 15.3. The maximum atomic E-state index is 14.0. The molecule has 4 N–H and O–H groups in total. The van der Waals surface area contributed by atoms with Crippen LogP contribution in [0.1, 0.15) is 32.6 Å². The smallest absolute Gasteiger partial charge is 0.248 e. The predicted octanol–water partition coefficient (Wildman–Crippen LogP) is 9.61. The lowest BCUT2D eigenvalue weighted by Crippen LogP contribution is -2.48. The summed E-state index contributed by atoms with van der Waals surface area (Å²) in [6.45, 7) is 10.7. The van der Waals surface area contributed by atoms with E-state index in [1.165, 1.54) is 30.3 Å². The fourth-order valence-corrected chi connectivity index (χ4v) is 11.2. The molecule has 0 saturated carbocycles. The molecule has 3 saturated heterocycles. The molecule has 81 heavy (non-hydrogen) atoms. The summed E-state index contributed by atoms with van der Waals surface area (Å²) >= 11 is 0. The maximum Gasteiger partial charge on any atom is 0.248 e. The summed E-state index contributed by atoms with van der Waals surface area (Å²) in [5.41, 5.74) is 5.33. The van der Waals surface area contributed by atoms with Gasteiger partial charge in [0.05, 0.1) is 59.4 Å². The molecule has 11 rings (SSSR count). The highest BCUT2D eigenvalue weighted by molar-refractivity contribution is 6.03. The van der Waals surface area contributed by atoms with Crippen LogP contribution in [0.3, 0.4) is 0 Å². The Hall–Kier alpha value is -9.37. The second-order valence-electron chi connectivity index (χ2n) is 20.3. The van der Waals surface area contributed by atoms with Gasteiger partial charge in [0.15, 0.2) is 0 Å². The molecule has 416 valence electrons. The highest BCUT2D eigenvalue weighted by Crippen LogP contribution is 2.41. The van der Waals surface area contributed by atoms with E-state index >= 15 is 0 Å². The number of ether oxygens (including phenoxy) is 2. The zero-order valence-electron chi connectivity index (χ0n) is 45.2. The lowest BCUT2D eigenvalue weighted by Gasteiger charge is -2.43. The number of likely N-dealkylation sites (tertiary alicyclic amines) is 1. The SMILES string of the molecule is C=CC(=O)Nc1cc(Nc2nccc(-n3ccc4cc(F)ccc43)n2)c(OC)cc1N1CCC(N2CCCC(/C=C\C(=O)Nc3cc(Nc4nccc(-n5ccc6cc(F)ccc65)n4)c(OC)cc3N3CCN(C(C)=O)CC3)C2)CC1. The lowest BCUT2D eigenvalue weighted by molar-refractivity contribution is -0.129. The van der Waals surface area contributed by atoms with Gasteiger partial charge in [-0.3, -0.25) is 19.3 Å². The number of rotatable bonds is 16. The quantitative estimate of drug-likeness (QED) is 0.0669. The van der Waals surface area contributed by atoms with Crippen LogP contribution < -0.4 is 40.5 Å². The number of aromatic nitrogens is 6. The first kappa shape index (κ1) is 53.6. The third-order valence-electron chi connectivity index (χ3n) is 15.3. The molecule has 0 spiro atoms. The van der Waals surface area contributed by atoms with Crippen LogP contribution in [0.2, 0.25) is 0 Å². The molecule has 3 fully saturated rings. The number of benzene rings is 4. The number of amides is 3. The summed E-state index contributed by atoms with van der Waals surface area (Å²) in [6.07, 6.45) is 15.5. The van der Waals surface area contributed by atoms with Crippen LogP contribution in [-0.4, -0.2) is 129 Å². The average Bonchev–Trinajstić information content (AvgIpc) is 4.22. The van der Waals surface area contributed by atoms with Gasteiger partial charge in [-0.2, -0.15) is 9.97 Å². The van der Waals surface area contributed by atoms with E-state index in [1.54, 1.807) is 63.9 Å². The normalized spacial score (nSPS) is 16.2. The molecule has 8 aromatic rings. The molecule has 0 aliphatic carbocycles. The van der Waals surface area contributed by atoms with Crippen molar-refractivity contribution in [3.05, 3.63) is 146 Å². The Morgan fingerprint density at radius 3 is 1.68 bits per heavy atom. The second-order valence-corrected chi connectivity index (χ2v) is 20.3. The number of piperazine rings is 1. The summed E-state index contributed by atoms with van der Waals surface area (Å²) < 4.78 is 43.5. The number of halogens is 2.